The van der Waals surface area contributed by atoms with E-state index in [4.69, 9.17) is 10.5 Å². The number of carbonyl (C=O) groups excluding carboxylic acids is 3. The third kappa shape index (κ3) is 6.08. The number of esters is 1. The number of ether oxygens (including phenoxy) is 1. The topological polar surface area (TPSA) is 111 Å². The van der Waals surface area contributed by atoms with Gasteiger partial charge in [-0.1, -0.05) is 18.2 Å². The Kier molecular flexibility index (Phi) is 7.08. The predicted octanol–water partition coefficient (Wildman–Crippen LogP) is 3.13. The van der Waals surface area contributed by atoms with Gasteiger partial charge >= 0.3 is 12.0 Å². The van der Waals surface area contributed by atoms with Crippen molar-refractivity contribution in [2.24, 2.45) is 5.73 Å². The molecule has 0 radical (unpaired) electrons. The van der Waals surface area contributed by atoms with Crippen LogP contribution in [0.3, 0.4) is 0 Å². The zero-order valence-electron chi connectivity index (χ0n) is 15.6. The molecular weight excluding hydrogens is 365 g/mol. The fourth-order valence-electron chi connectivity index (χ4n) is 2.54. The first-order chi connectivity index (χ1) is 13.3. The number of primary amides is 1. The third-order valence-electron chi connectivity index (χ3n) is 3.73. The normalized spacial score (nSPS) is 11.6. The van der Waals surface area contributed by atoms with Crippen LogP contribution in [-0.2, 0) is 9.53 Å². The SMILES string of the molecule is CC(C)OC(=O)c1ccc(NC(=O)CC(NC(N)=O)c2ccccc2F)cc1. The van der Waals surface area contributed by atoms with Gasteiger partial charge in [-0.05, 0) is 44.2 Å². The van der Waals surface area contributed by atoms with E-state index in [1.54, 1.807) is 32.0 Å². The first-order valence-electron chi connectivity index (χ1n) is 8.67. The van der Waals surface area contributed by atoms with Crippen LogP contribution in [0, 0.1) is 5.82 Å². The molecule has 0 saturated carbocycles. The molecule has 28 heavy (non-hydrogen) atoms. The molecule has 0 aliphatic carbocycles. The molecule has 2 aromatic carbocycles. The fraction of sp³-hybridized carbons (Fsp3) is 0.250. The zero-order valence-corrected chi connectivity index (χ0v) is 15.6. The van der Waals surface area contributed by atoms with Crippen molar-refractivity contribution in [3.05, 3.63) is 65.5 Å². The average Bonchev–Trinajstić information content (AvgIpc) is 2.61. The first kappa shape index (κ1) is 20.9. The monoisotopic (exact) mass is 387 g/mol. The Hall–Kier alpha value is -3.42. The quantitative estimate of drug-likeness (QED) is 0.634. The lowest BCUT2D eigenvalue weighted by Crippen LogP contribution is -2.35. The minimum Gasteiger partial charge on any atom is -0.459 e. The molecule has 1 unspecified atom stereocenters. The third-order valence-corrected chi connectivity index (χ3v) is 3.73. The predicted molar refractivity (Wildman–Crippen MR) is 102 cm³/mol. The molecule has 8 heteroatoms. The van der Waals surface area contributed by atoms with Crippen LogP contribution in [0.1, 0.15) is 42.2 Å². The van der Waals surface area contributed by atoms with Crippen LogP contribution in [0.5, 0.6) is 0 Å². The highest BCUT2D eigenvalue weighted by Crippen LogP contribution is 2.21. The lowest BCUT2D eigenvalue weighted by molar-refractivity contribution is -0.116. The summed E-state index contributed by atoms with van der Waals surface area (Å²) in [4.78, 5) is 35.4. The summed E-state index contributed by atoms with van der Waals surface area (Å²) in [6.45, 7) is 3.50. The number of amides is 3. The summed E-state index contributed by atoms with van der Waals surface area (Å²) in [5, 5.41) is 5.01. The lowest BCUT2D eigenvalue weighted by atomic mass is 10.0. The van der Waals surface area contributed by atoms with E-state index in [9.17, 15) is 18.8 Å². The highest BCUT2D eigenvalue weighted by molar-refractivity contribution is 5.93. The summed E-state index contributed by atoms with van der Waals surface area (Å²) in [6.07, 6.45) is -0.457. The van der Waals surface area contributed by atoms with Gasteiger partial charge in [0.1, 0.15) is 5.82 Å². The molecule has 4 N–H and O–H groups in total. The van der Waals surface area contributed by atoms with E-state index in [-0.39, 0.29) is 18.1 Å². The van der Waals surface area contributed by atoms with Gasteiger partial charge in [-0.15, -0.1) is 0 Å². The van der Waals surface area contributed by atoms with Crippen molar-refractivity contribution in [3.63, 3.8) is 0 Å². The highest BCUT2D eigenvalue weighted by Gasteiger charge is 2.20. The largest absolute Gasteiger partial charge is 0.459 e. The fourth-order valence-corrected chi connectivity index (χ4v) is 2.54. The molecular formula is C20H22FN3O4. The van der Waals surface area contributed by atoms with Gasteiger partial charge in [-0.25, -0.2) is 14.0 Å². The van der Waals surface area contributed by atoms with Gasteiger partial charge in [-0.2, -0.15) is 0 Å². The second kappa shape index (κ2) is 9.50. The van der Waals surface area contributed by atoms with Crippen LogP contribution in [0.25, 0.3) is 0 Å². The van der Waals surface area contributed by atoms with E-state index in [2.05, 4.69) is 10.6 Å². The van der Waals surface area contributed by atoms with Gasteiger partial charge in [0.15, 0.2) is 0 Å². The van der Waals surface area contributed by atoms with Crippen LogP contribution in [0.15, 0.2) is 48.5 Å². The second-order valence-electron chi connectivity index (χ2n) is 6.37. The minimum atomic E-state index is -0.918. The number of urea groups is 1. The van der Waals surface area contributed by atoms with Gasteiger partial charge in [0.2, 0.25) is 5.91 Å². The minimum absolute atomic E-state index is 0.156. The molecule has 0 aliphatic heterocycles. The number of anilines is 1. The maximum atomic E-state index is 14.0. The van der Waals surface area contributed by atoms with Crippen LogP contribution in [0.2, 0.25) is 0 Å². The Morgan fingerprint density at radius 3 is 2.29 bits per heavy atom. The summed E-state index contributed by atoms with van der Waals surface area (Å²) in [5.41, 5.74) is 6.09. The molecule has 7 nitrogen and oxygen atoms in total. The molecule has 2 rings (SSSR count). The van der Waals surface area contributed by atoms with Crippen LogP contribution >= 0.6 is 0 Å². The number of carbonyl (C=O) groups is 3. The van der Waals surface area contributed by atoms with Crippen molar-refractivity contribution >= 4 is 23.6 Å². The number of nitrogens with two attached hydrogens (primary N) is 1. The van der Waals surface area contributed by atoms with Crippen LogP contribution < -0.4 is 16.4 Å². The van der Waals surface area contributed by atoms with Crippen molar-refractivity contribution in [2.45, 2.75) is 32.4 Å². The Labute approximate surface area is 162 Å². The maximum Gasteiger partial charge on any atom is 0.338 e. The summed E-state index contributed by atoms with van der Waals surface area (Å²) < 4.78 is 19.1. The molecule has 0 spiro atoms. The maximum absolute atomic E-state index is 14.0. The highest BCUT2D eigenvalue weighted by atomic mass is 19.1. The number of nitrogens with one attached hydrogen (secondary N) is 2. The first-order valence-corrected chi connectivity index (χ1v) is 8.67. The van der Waals surface area contributed by atoms with E-state index in [0.717, 1.165) is 0 Å². The average molecular weight is 387 g/mol. The van der Waals surface area contributed by atoms with E-state index >= 15 is 0 Å². The number of hydrogen-bond donors (Lipinski definition) is 3. The van der Waals surface area contributed by atoms with Gasteiger partial charge in [0.05, 0.1) is 24.1 Å². The molecule has 2 aromatic rings. The lowest BCUT2D eigenvalue weighted by Gasteiger charge is -2.18. The van der Waals surface area contributed by atoms with Gasteiger partial charge in [0.25, 0.3) is 0 Å². The Bertz CT molecular complexity index is 853. The summed E-state index contributed by atoms with van der Waals surface area (Å²) in [6, 6.07) is 10.2. The van der Waals surface area contributed by atoms with Crippen molar-refractivity contribution in [2.75, 3.05) is 5.32 Å². The zero-order chi connectivity index (χ0) is 20.7. The molecule has 3 amide bonds. The molecule has 0 aromatic heterocycles. The van der Waals surface area contributed by atoms with E-state index < -0.39 is 29.8 Å². The van der Waals surface area contributed by atoms with Gasteiger partial charge in [-0.3, -0.25) is 4.79 Å². The van der Waals surface area contributed by atoms with E-state index in [1.807, 2.05) is 0 Å². The molecule has 0 bridgehead atoms. The van der Waals surface area contributed by atoms with E-state index in [0.29, 0.717) is 11.3 Å². The summed E-state index contributed by atoms with van der Waals surface area (Å²) in [7, 11) is 0. The number of hydrogen-bond acceptors (Lipinski definition) is 4. The number of rotatable bonds is 7. The van der Waals surface area contributed by atoms with Crippen molar-refractivity contribution in [3.8, 4) is 0 Å². The van der Waals surface area contributed by atoms with Crippen molar-refractivity contribution < 1.29 is 23.5 Å². The standard InChI is InChI=1S/C20H22FN3O4/c1-12(2)28-19(26)13-7-9-14(10-8-13)23-18(25)11-17(24-20(22)27)15-5-3-4-6-16(15)21/h3-10,12,17H,11H2,1-2H3,(H,23,25)(H3,22,24,27). The smallest absolute Gasteiger partial charge is 0.338 e. The van der Waals surface area contributed by atoms with Gasteiger partial charge in [0, 0.05) is 11.3 Å². The summed E-state index contributed by atoms with van der Waals surface area (Å²) in [5.74, 6) is -1.47. The molecule has 148 valence electrons. The molecule has 1 atom stereocenters. The Morgan fingerprint density at radius 1 is 1.07 bits per heavy atom. The van der Waals surface area contributed by atoms with E-state index in [1.165, 1.54) is 30.3 Å². The van der Waals surface area contributed by atoms with Crippen LogP contribution in [0.4, 0.5) is 14.9 Å². The molecule has 0 fully saturated rings. The van der Waals surface area contributed by atoms with Crippen molar-refractivity contribution in [1.29, 1.82) is 0 Å². The van der Waals surface area contributed by atoms with Crippen LogP contribution in [-0.4, -0.2) is 24.0 Å². The molecule has 0 heterocycles. The molecule has 0 aliphatic rings. The van der Waals surface area contributed by atoms with Gasteiger partial charge < -0.3 is 21.1 Å². The molecule has 0 saturated heterocycles. The number of halogens is 1. The Balaban J connectivity index is 2.05. The second-order valence-corrected chi connectivity index (χ2v) is 6.37. The number of benzene rings is 2. The Morgan fingerprint density at radius 2 is 1.71 bits per heavy atom. The summed E-state index contributed by atoms with van der Waals surface area (Å²) >= 11 is 0. The van der Waals surface area contributed by atoms with Crippen molar-refractivity contribution in [1.82, 2.24) is 5.32 Å².